The highest BCUT2D eigenvalue weighted by Crippen LogP contribution is 2.27. The van der Waals surface area contributed by atoms with Crippen molar-refractivity contribution in [2.45, 2.75) is 18.8 Å². The van der Waals surface area contributed by atoms with Gasteiger partial charge in [0.25, 0.3) is 0 Å². The van der Waals surface area contributed by atoms with Crippen molar-refractivity contribution < 1.29 is 22.7 Å². The first kappa shape index (κ1) is 18.8. The summed E-state index contributed by atoms with van der Waals surface area (Å²) in [5, 5.41) is 3.37. The molecule has 1 amide bonds. The number of alkyl halides is 3. The summed E-state index contributed by atoms with van der Waals surface area (Å²) in [4.78, 5) is 14.0. The molecule has 1 aliphatic rings. The van der Waals surface area contributed by atoms with E-state index in [9.17, 15) is 18.0 Å². The Labute approximate surface area is 155 Å². The van der Waals surface area contributed by atoms with E-state index in [1.165, 1.54) is 30.4 Å². The maximum atomic E-state index is 12.5. The highest BCUT2D eigenvalue weighted by Gasteiger charge is 2.31. The van der Waals surface area contributed by atoms with E-state index < -0.39 is 6.36 Å². The van der Waals surface area contributed by atoms with Crippen LogP contribution in [0.15, 0.2) is 60.7 Å². The molecular formula is C20H19F3N2O2. The molecular weight excluding hydrogens is 357 g/mol. The number of para-hydroxylation sites is 2. The van der Waals surface area contributed by atoms with Crippen LogP contribution in [0.4, 0.5) is 18.9 Å². The Bertz CT molecular complexity index is 806. The zero-order chi connectivity index (χ0) is 19.3. The summed E-state index contributed by atoms with van der Waals surface area (Å²) in [6.07, 6.45) is -1.34. The van der Waals surface area contributed by atoms with Gasteiger partial charge in [-0.25, -0.2) is 0 Å². The van der Waals surface area contributed by atoms with Gasteiger partial charge in [-0.15, -0.1) is 13.2 Å². The van der Waals surface area contributed by atoms with Gasteiger partial charge in [0, 0.05) is 36.5 Å². The summed E-state index contributed by atoms with van der Waals surface area (Å²) in [7, 11) is 0. The SMILES string of the molecule is O=C(/C=C/c1ccccc1OC(F)(F)F)N1CCC(Nc2ccccc2)C1. The molecule has 1 fully saturated rings. The fourth-order valence-corrected chi connectivity index (χ4v) is 2.95. The lowest BCUT2D eigenvalue weighted by Gasteiger charge is -2.16. The van der Waals surface area contributed by atoms with Gasteiger partial charge in [-0.1, -0.05) is 36.4 Å². The van der Waals surface area contributed by atoms with Crippen LogP contribution in [0, 0.1) is 0 Å². The number of likely N-dealkylation sites (tertiary alicyclic amines) is 1. The van der Waals surface area contributed by atoms with E-state index in [0.29, 0.717) is 13.1 Å². The molecule has 0 saturated carbocycles. The van der Waals surface area contributed by atoms with Crippen molar-refractivity contribution in [2.75, 3.05) is 18.4 Å². The molecule has 2 aromatic rings. The van der Waals surface area contributed by atoms with Crippen LogP contribution in [0.2, 0.25) is 0 Å². The number of rotatable bonds is 5. The molecule has 1 saturated heterocycles. The number of carbonyl (C=O) groups excluding carboxylic acids is 1. The Morgan fingerprint density at radius 1 is 1.11 bits per heavy atom. The highest BCUT2D eigenvalue weighted by atomic mass is 19.4. The van der Waals surface area contributed by atoms with E-state index in [2.05, 4.69) is 10.1 Å². The predicted molar refractivity (Wildman–Crippen MR) is 97.2 cm³/mol. The zero-order valence-corrected chi connectivity index (χ0v) is 14.4. The lowest BCUT2D eigenvalue weighted by atomic mass is 10.2. The molecule has 7 heteroatoms. The summed E-state index contributed by atoms with van der Waals surface area (Å²) in [6, 6.07) is 15.6. The van der Waals surface area contributed by atoms with Crippen molar-refractivity contribution in [1.29, 1.82) is 0 Å². The third kappa shape index (κ3) is 5.51. The van der Waals surface area contributed by atoms with Crippen LogP contribution in [-0.4, -0.2) is 36.3 Å². The first-order chi connectivity index (χ1) is 12.9. The number of benzene rings is 2. The van der Waals surface area contributed by atoms with E-state index in [4.69, 9.17) is 0 Å². The van der Waals surface area contributed by atoms with Crippen molar-refractivity contribution in [2.24, 2.45) is 0 Å². The van der Waals surface area contributed by atoms with E-state index >= 15 is 0 Å². The van der Waals surface area contributed by atoms with Gasteiger partial charge >= 0.3 is 6.36 Å². The van der Waals surface area contributed by atoms with Gasteiger partial charge in [0.05, 0.1) is 0 Å². The van der Waals surface area contributed by atoms with Crippen molar-refractivity contribution in [3.8, 4) is 5.75 Å². The quantitative estimate of drug-likeness (QED) is 0.791. The van der Waals surface area contributed by atoms with E-state index in [1.54, 1.807) is 11.0 Å². The van der Waals surface area contributed by atoms with Crippen molar-refractivity contribution >= 4 is 17.7 Å². The van der Waals surface area contributed by atoms with Gasteiger partial charge in [-0.05, 0) is 30.7 Å². The average molecular weight is 376 g/mol. The number of nitrogens with one attached hydrogen (secondary N) is 1. The number of anilines is 1. The van der Waals surface area contributed by atoms with Crippen LogP contribution >= 0.6 is 0 Å². The molecule has 2 aromatic carbocycles. The minimum absolute atomic E-state index is 0.144. The van der Waals surface area contributed by atoms with Crippen LogP contribution in [0.5, 0.6) is 5.75 Å². The largest absolute Gasteiger partial charge is 0.573 e. The molecule has 27 heavy (non-hydrogen) atoms. The van der Waals surface area contributed by atoms with Crippen molar-refractivity contribution in [3.63, 3.8) is 0 Å². The third-order valence-electron chi connectivity index (χ3n) is 4.19. The smallest absolute Gasteiger partial charge is 0.405 e. The van der Waals surface area contributed by atoms with Gasteiger partial charge in [0.1, 0.15) is 5.75 Å². The predicted octanol–water partition coefficient (Wildman–Crippen LogP) is 4.31. The molecule has 1 N–H and O–H groups in total. The fourth-order valence-electron chi connectivity index (χ4n) is 2.95. The van der Waals surface area contributed by atoms with E-state index in [0.717, 1.165) is 12.1 Å². The molecule has 0 radical (unpaired) electrons. The fraction of sp³-hybridized carbons (Fsp3) is 0.250. The minimum atomic E-state index is -4.78. The van der Waals surface area contributed by atoms with Gasteiger partial charge in [0.15, 0.2) is 0 Å². The Morgan fingerprint density at radius 2 is 1.81 bits per heavy atom. The van der Waals surface area contributed by atoms with E-state index in [1.807, 2.05) is 30.3 Å². The second-order valence-corrected chi connectivity index (χ2v) is 6.20. The minimum Gasteiger partial charge on any atom is -0.405 e. The first-order valence-electron chi connectivity index (χ1n) is 8.54. The molecule has 1 unspecified atom stereocenters. The summed E-state index contributed by atoms with van der Waals surface area (Å²) in [5.74, 6) is -0.576. The van der Waals surface area contributed by atoms with E-state index in [-0.39, 0.29) is 23.3 Å². The van der Waals surface area contributed by atoms with Crippen LogP contribution in [0.25, 0.3) is 6.08 Å². The lowest BCUT2D eigenvalue weighted by Crippen LogP contribution is -2.30. The number of hydrogen-bond donors (Lipinski definition) is 1. The molecule has 0 bridgehead atoms. The van der Waals surface area contributed by atoms with Crippen LogP contribution in [-0.2, 0) is 4.79 Å². The van der Waals surface area contributed by atoms with Gasteiger partial charge in [-0.2, -0.15) is 0 Å². The maximum absolute atomic E-state index is 12.5. The Kier molecular flexibility index (Phi) is 5.69. The number of amides is 1. The summed E-state index contributed by atoms with van der Waals surface area (Å²) >= 11 is 0. The molecule has 1 aliphatic heterocycles. The second-order valence-electron chi connectivity index (χ2n) is 6.20. The van der Waals surface area contributed by atoms with Crippen molar-refractivity contribution in [1.82, 2.24) is 4.90 Å². The Morgan fingerprint density at radius 3 is 2.56 bits per heavy atom. The van der Waals surface area contributed by atoms with Crippen LogP contribution < -0.4 is 10.1 Å². The number of hydrogen-bond acceptors (Lipinski definition) is 3. The Hall–Kier alpha value is -2.96. The number of halogens is 3. The Balaban J connectivity index is 1.60. The summed E-state index contributed by atoms with van der Waals surface area (Å²) < 4.78 is 41.4. The zero-order valence-electron chi connectivity index (χ0n) is 14.4. The summed E-state index contributed by atoms with van der Waals surface area (Å²) in [6.45, 7) is 1.13. The molecule has 0 spiro atoms. The average Bonchev–Trinajstić information content (AvgIpc) is 3.09. The molecule has 1 heterocycles. The highest BCUT2D eigenvalue weighted by molar-refractivity contribution is 5.92. The first-order valence-corrected chi connectivity index (χ1v) is 8.54. The number of ether oxygens (including phenoxy) is 1. The summed E-state index contributed by atoms with van der Waals surface area (Å²) in [5.41, 5.74) is 1.19. The molecule has 3 rings (SSSR count). The van der Waals surface area contributed by atoms with Crippen molar-refractivity contribution in [3.05, 3.63) is 66.2 Å². The molecule has 1 atom stereocenters. The lowest BCUT2D eigenvalue weighted by molar-refractivity contribution is -0.274. The molecule has 0 aliphatic carbocycles. The standard InChI is InChI=1S/C20H19F3N2O2/c21-20(22,23)27-18-9-5-4-6-15(18)10-11-19(26)25-13-12-17(14-25)24-16-7-2-1-3-8-16/h1-11,17,24H,12-14H2/b11-10+. The van der Waals surface area contributed by atoms with Gasteiger partial charge < -0.3 is 15.0 Å². The van der Waals surface area contributed by atoms with Crippen LogP contribution in [0.3, 0.4) is 0 Å². The number of carbonyl (C=O) groups is 1. The second kappa shape index (κ2) is 8.16. The molecule has 4 nitrogen and oxygen atoms in total. The van der Waals surface area contributed by atoms with Gasteiger partial charge in [-0.3, -0.25) is 4.79 Å². The number of nitrogens with zero attached hydrogens (tertiary/aromatic N) is 1. The molecule has 0 aromatic heterocycles. The normalized spacial score (nSPS) is 17.3. The topological polar surface area (TPSA) is 41.6 Å². The van der Waals surface area contributed by atoms with Gasteiger partial charge in [0.2, 0.25) is 5.91 Å². The third-order valence-corrected chi connectivity index (χ3v) is 4.19. The maximum Gasteiger partial charge on any atom is 0.573 e. The monoisotopic (exact) mass is 376 g/mol. The molecule has 142 valence electrons. The van der Waals surface area contributed by atoms with Crippen LogP contribution in [0.1, 0.15) is 12.0 Å².